The van der Waals surface area contributed by atoms with Crippen LogP contribution in [-0.2, 0) is 16.0 Å². The van der Waals surface area contributed by atoms with Crippen LogP contribution in [0.4, 0.5) is 0 Å². The number of thiazole rings is 1. The van der Waals surface area contributed by atoms with Gasteiger partial charge >= 0.3 is 5.97 Å². The zero-order valence-corrected chi connectivity index (χ0v) is 14.5. The molecular formula is C17H20N2O3S. The van der Waals surface area contributed by atoms with E-state index < -0.39 is 12.1 Å². The Morgan fingerprint density at radius 2 is 1.91 bits per heavy atom. The lowest BCUT2D eigenvalue weighted by Crippen LogP contribution is -2.34. The van der Waals surface area contributed by atoms with Crippen molar-refractivity contribution in [1.82, 2.24) is 9.88 Å². The quantitative estimate of drug-likeness (QED) is 0.790. The second-order valence-corrected chi connectivity index (χ2v) is 6.23. The van der Waals surface area contributed by atoms with Gasteiger partial charge < -0.3 is 9.64 Å². The summed E-state index contributed by atoms with van der Waals surface area (Å²) < 4.78 is 5.16. The zero-order valence-electron chi connectivity index (χ0n) is 13.7. The van der Waals surface area contributed by atoms with Gasteiger partial charge in [-0.25, -0.2) is 9.78 Å². The number of ether oxygens (including phenoxy) is 1. The number of hydrogen-bond acceptors (Lipinski definition) is 5. The Morgan fingerprint density at radius 3 is 2.48 bits per heavy atom. The predicted molar refractivity (Wildman–Crippen MR) is 90.5 cm³/mol. The van der Waals surface area contributed by atoms with Gasteiger partial charge in [0.15, 0.2) is 11.8 Å². The van der Waals surface area contributed by atoms with Crippen LogP contribution in [0.1, 0.15) is 29.9 Å². The lowest BCUT2D eigenvalue weighted by Gasteiger charge is -2.16. The molecule has 1 heterocycles. The Kier molecular flexibility index (Phi) is 5.50. The molecule has 0 radical (unpaired) electrons. The van der Waals surface area contributed by atoms with E-state index in [-0.39, 0.29) is 11.6 Å². The van der Waals surface area contributed by atoms with Gasteiger partial charge in [0.25, 0.3) is 5.91 Å². The van der Waals surface area contributed by atoms with E-state index in [1.54, 1.807) is 26.4 Å². The molecular weight excluding hydrogens is 312 g/mol. The summed E-state index contributed by atoms with van der Waals surface area (Å²) in [5, 5.41) is 2.41. The van der Waals surface area contributed by atoms with Gasteiger partial charge in [0.2, 0.25) is 0 Å². The van der Waals surface area contributed by atoms with E-state index in [2.05, 4.69) is 11.9 Å². The van der Waals surface area contributed by atoms with Gasteiger partial charge in [-0.2, -0.15) is 0 Å². The summed E-state index contributed by atoms with van der Waals surface area (Å²) in [6.45, 7) is 3.65. The van der Waals surface area contributed by atoms with Crippen molar-refractivity contribution in [3.63, 3.8) is 0 Å². The molecule has 2 aromatic rings. The van der Waals surface area contributed by atoms with E-state index in [0.717, 1.165) is 17.0 Å². The average molecular weight is 332 g/mol. The molecule has 6 heteroatoms. The molecule has 122 valence electrons. The number of aryl methyl sites for hydroxylation is 1. The van der Waals surface area contributed by atoms with Crippen molar-refractivity contribution >= 4 is 23.2 Å². The summed E-state index contributed by atoms with van der Waals surface area (Å²) in [6.07, 6.45) is 0.152. The third kappa shape index (κ3) is 4.16. The first-order chi connectivity index (χ1) is 10.9. The van der Waals surface area contributed by atoms with Gasteiger partial charge in [-0.15, -0.1) is 11.3 Å². The highest BCUT2D eigenvalue weighted by atomic mass is 32.1. The zero-order chi connectivity index (χ0) is 17.0. The van der Waals surface area contributed by atoms with Crippen LogP contribution in [0.2, 0.25) is 0 Å². The highest BCUT2D eigenvalue weighted by Gasteiger charge is 2.22. The fraction of sp³-hybridized carbons (Fsp3) is 0.353. The van der Waals surface area contributed by atoms with E-state index in [4.69, 9.17) is 4.74 Å². The standard InChI is InChI=1S/C17H20N2O3S/c1-5-12-6-8-13(9-7-12)15-18-14(10-23-15)17(21)22-11(2)16(20)19(3)4/h6-11H,5H2,1-4H3/t11-/m1/s1. The number of aromatic nitrogens is 1. The molecule has 0 fully saturated rings. The molecule has 0 N–H and O–H groups in total. The monoisotopic (exact) mass is 332 g/mol. The number of amides is 1. The summed E-state index contributed by atoms with van der Waals surface area (Å²) >= 11 is 1.38. The maximum Gasteiger partial charge on any atom is 0.358 e. The Bertz CT molecular complexity index is 692. The Labute approximate surface area is 139 Å². The van der Waals surface area contributed by atoms with Crippen molar-refractivity contribution in [2.75, 3.05) is 14.1 Å². The Morgan fingerprint density at radius 1 is 1.26 bits per heavy atom. The van der Waals surface area contributed by atoms with Crippen LogP contribution in [0.15, 0.2) is 29.6 Å². The van der Waals surface area contributed by atoms with Crippen LogP contribution < -0.4 is 0 Å². The third-order valence-corrected chi connectivity index (χ3v) is 4.29. The molecule has 0 aliphatic rings. The SMILES string of the molecule is CCc1ccc(-c2nc(C(=O)O[C@H](C)C(=O)N(C)C)cs2)cc1. The van der Waals surface area contributed by atoms with Crippen molar-refractivity contribution < 1.29 is 14.3 Å². The molecule has 0 aliphatic heterocycles. The molecule has 2 rings (SSSR count). The summed E-state index contributed by atoms with van der Waals surface area (Å²) in [7, 11) is 3.24. The second-order valence-electron chi connectivity index (χ2n) is 5.37. The van der Waals surface area contributed by atoms with Crippen LogP contribution in [0.3, 0.4) is 0 Å². The minimum absolute atomic E-state index is 0.225. The molecule has 1 amide bonds. The molecule has 1 aromatic heterocycles. The van der Waals surface area contributed by atoms with Crippen molar-refractivity contribution in [2.24, 2.45) is 0 Å². The molecule has 0 aliphatic carbocycles. The van der Waals surface area contributed by atoms with E-state index >= 15 is 0 Å². The predicted octanol–water partition coefficient (Wildman–Crippen LogP) is 3.01. The number of carbonyl (C=O) groups excluding carboxylic acids is 2. The largest absolute Gasteiger partial charge is 0.448 e. The third-order valence-electron chi connectivity index (χ3n) is 3.39. The van der Waals surface area contributed by atoms with Gasteiger partial charge in [0.1, 0.15) is 5.01 Å². The maximum atomic E-state index is 12.1. The Hall–Kier alpha value is -2.21. The average Bonchev–Trinajstić information content (AvgIpc) is 3.04. The number of hydrogen-bond donors (Lipinski definition) is 0. The molecule has 0 bridgehead atoms. The van der Waals surface area contributed by atoms with Crippen LogP contribution in [0.5, 0.6) is 0 Å². The minimum atomic E-state index is -0.827. The van der Waals surface area contributed by atoms with Crippen molar-refractivity contribution in [1.29, 1.82) is 0 Å². The lowest BCUT2D eigenvalue weighted by molar-refractivity contribution is -0.137. The minimum Gasteiger partial charge on any atom is -0.448 e. The van der Waals surface area contributed by atoms with Crippen molar-refractivity contribution in [3.8, 4) is 10.6 Å². The summed E-state index contributed by atoms with van der Waals surface area (Å²) in [5.41, 5.74) is 2.44. The van der Waals surface area contributed by atoms with E-state index in [0.29, 0.717) is 0 Å². The fourth-order valence-corrected chi connectivity index (χ4v) is 2.81. The van der Waals surface area contributed by atoms with Crippen LogP contribution in [0, 0.1) is 0 Å². The van der Waals surface area contributed by atoms with Gasteiger partial charge in [-0.1, -0.05) is 31.2 Å². The first kappa shape index (κ1) is 17.1. The summed E-state index contributed by atoms with van der Waals surface area (Å²) in [5.74, 6) is -0.843. The molecule has 0 unspecified atom stereocenters. The number of esters is 1. The molecule has 0 spiro atoms. The highest BCUT2D eigenvalue weighted by molar-refractivity contribution is 7.13. The molecule has 0 saturated carbocycles. The number of nitrogens with zero attached hydrogens (tertiary/aromatic N) is 2. The normalized spacial score (nSPS) is 11.8. The van der Waals surface area contributed by atoms with Gasteiger partial charge in [0.05, 0.1) is 0 Å². The van der Waals surface area contributed by atoms with Crippen LogP contribution in [0.25, 0.3) is 10.6 Å². The number of benzene rings is 1. The molecule has 0 saturated heterocycles. The maximum absolute atomic E-state index is 12.1. The van der Waals surface area contributed by atoms with Gasteiger partial charge in [-0.3, -0.25) is 4.79 Å². The fourth-order valence-electron chi connectivity index (χ4n) is 2.02. The number of carbonyl (C=O) groups is 2. The van der Waals surface area contributed by atoms with Crippen molar-refractivity contribution in [3.05, 3.63) is 40.9 Å². The van der Waals surface area contributed by atoms with E-state index in [9.17, 15) is 9.59 Å². The first-order valence-electron chi connectivity index (χ1n) is 7.39. The van der Waals surface area contributed by atoms with Gasteiger partial charge in [-0.05, 0) is 18.9 Å². The molecule has 5 nitrogen and oxygen atoms in total. The van der Waals surface area contributed by atoms with E-state index in [1.807, 2.05) is 24.3 Å². The summed E-state index contributed by atoms with van der Waals surface area (Å²) in [6, 6.07) is 8.08. The van der Waals surface area contributed by atoms with E-state index in [1.165, 1.54) is 21.8 Å². The van der Waals surface area contributed by atoms with Crippen LogP contribution in [-0.4, -0.2) is 42.0 Å². The van der Waals surface area contributed by atoms with Crippen molar-refractivity contribution in [2.45, 2.75) is 26.4 Å². The smallest absolute Gasteiger partial charge is 0.358 e. The first-order valence-corrected chi connectivity index (χ1v) is 8.27. The molecule has 1 atom stereocenters. The lowest BCUT2D eigenvalue weighted by atomic mass is 10.1. The highest BCUT2D eigenvalue weighted by Crippen LogP contribution is 2.24. The molecule has 23 heavy (non-hydrogen) atoms. The number of likely N-dealkylation sites (N-methyl/N-ethyl adjacent to an activating group) is 1. The summed E-state index contributed by atoms with van der Waals surface area (Å²) in [4.78, 5) is 29.5. The number of rotatable bonds is 5. The molecule has 1 aromatic carbocycles. The topological polar surface area (TPSA) is 59.5 Å². The Balaban J connectivity index is 2.08. The van der Waals surface area contributed by atoms with Gasteiger partial charge in [0, 0.05) is 25.0 Å². The van der Waals surface area contributed by atoms with Crippen LogP contribution >= 0.6 is 11.3 Å². The second kappa shape index (κ2) is 7.37.